The third kappa shape index (κ3) is 3.34. The van der Waals surface area contributed by atoms with Crippen LogP contribution in [0.3, 0.4) is 0 Å². The average molecular weight is 329 g/mol. The van der Waals surface area contributed by atoms with Crippen LogP contribution in [0.1, 0.15) is 30.6 Å². The van der Waals surface area contributed by atoms with Gasteiger partial charge in [-0.05, 0) is 36.6 Å². The van der Waals surface area contributed by atoms with Crippen molar-refractivity contribution in [2.24, 2.45) is 5.41 Å². The van der Waals surface area contributed by atoms with Crippen molar-refractivity contribution >= 4 is 21.8 Å². The third-order valence-corrected chi connectivity index (χ3v) is 4.11. The van der Waals surface area contributed by atoms with E-state index in [4.69, 9.17) is 0 Å². The lowest BCUT2D eigenvalue weighted by Gasteiger charge is -2.39. The highest BCUT2D eigenvalue weighted by Crippen LogP contribution is 2.25. The summed E-state index contributed by atoms with van der Waals surface area (Å²) in [5.74, 6) is -0.841. The summed E-state index contributed by atoms with van der Waals surface area (Å²) in [6.45, 7) is 5.91. The van der Waals surface area contributed by atoms with Gasteiger partial charge in [0.1, 0.15) is 5.82 Å². The first-order valence-electron chi connectivity index (χ1n) is 6.37. The van der Waals surface area contributed by atoms with Crippen LogP contribution in [0.4, 0.5) is 4.39 Å². The van der Waals surface area contributed by atoms with Gasteiger partial charge in [0.15, 0.2) is 0 Å². The number of nitrogens with one attached hydrogen (secondary N) is 2. The van der Waals surface area contributed by atoms with E-state index in [1.165, 1.54) is 12.1 Å². The van der Waals surface area contributed by atoms with Gasteiger partial charge in [0, 0.05) is 17.1 Å². The number of carbonyl (C=O) groups is 1. The molecule has 104 valence electrons. The second-order valence-electron chi connectivity index (χ2n) is 5.60. The van der Waals surface area contributed by atoms with Crippen molar-refractivity contribution in [3.8, 4) is 0 Å². The number of benzene rings is 1. The van der Waals surface area contributed by atoms with E-state index in [1.807, 2.05) is 0 Å². The predicted octanol–water partition coefficient (Wildman–Crippen LogP) is 2.71. The van der Waals surface area contributed by atoms with Gasteiger partial charge in [-0.2, -0.15) is 0 Å². The van der Waals surface area contributed by atoms with Crippen molar-refractivity contribution in [3.63, 3.8) is 0 Å². The summed E-state index contributed by atoms with van der Waals surface area (Å²) in [7, 11) is 0. The molecule has 0 aromatic heterocycles. The molecule has 0 saturated carbocycles. The minimum atomic E-state index is -0.493. The molecule has 1 heterocycles. The molecule has 0 aliphatic carbocycles. The Morgan fingerprint density at radius 1 is 1.53 bits per heavy atom. The van der Waals surface area contributed by atoms with Crippen molar-refractivity contribution in [3.05, 3.63) is 34.1 Å². The standard InChI is InChI=1S/C14H18BrFN2O/c1-14(2)8-17-6-5-12(14)18-13(19)10-7-9(15)3-4-11(10)16/h3-4,7,12,17H,5-6,8H2,1-2H3,(H,18,19). The van der Waals surface area contributed by atoms with Gasteiger partial charge >= 0.3 is 0 Å². The molecule has 1 fully saturated rings. The first-order chi connectivity index (χ1) is 8.90. The number of carbonyl (C=O) groups excluding carboxylic acids is 1. The number of halogens is 2. The van der Waals surface area contributed by atoms with E-state index in [0.717, 1.165) is 19.5 Å². The molecule has 1 saturated heterocycles. The Bertz CT molecular complexity index is 490. The highest BCUT2D eigenvalue weighted by Gasteiger charge is 2.33. The quantitative estimate of drug-likeness (QED) is 0.876. The molecule has 2 N–H and O–H groups in total. The molecule has 1 aliphatic heterocycles. The monoisotopic (exact) mass is 328 g/mol. The van der Waals surface area contributed by atoms with E-state index in [-0.39, 0.29) is 22.9 Å². The van der Waals surface area contributed by atoms with Crippen molar-refractivity contribution in [1.82, 2.24) is 10.6 Å². The fraction of sp³-hybridized carbons (Fsp3) is 0.500. The van der Waals surface area contributed by atoms with Crippen molar-refractivity contribution in [2.45, 2.75) is 26.3 Å². The zero-order valence-electron chi connectivity index (χ0n) is 11.1. The van der Waals surface area contributed by atoms with Crippen LogP contribution in [0.15, 0.2) is 22.7 Å². The Hall–Kier alpha value is -0.940. The number of hydrogen-bond donors (Lipinski definition) is 2. The zero-order valence-corrected chi connectivity index (χ0v) is 12.7. The molecule has 1 aromatic rings. The molecule has 3 nitrogen and oxygen atoms in total. The van der Waals surface area contributed by atoms with Crippen LogP contribution in [-0.4, -0.2) is 25.0 Å². The Morgan fingerprint density at radius 2 is 2.26 bits per heavy atom. The average Bonchev–Trinajstić information content (AvgIpc) is 2.34. The lowest BCUT2D eigenvalue weighted by Crippen LogP contribution is -2.54. The maximum atomic E-state index is 13.7. The molecule has 1 atom stereocenters. The van der Waals surface area contributed by atoms with Crippen LogP contribution in [0.5, 0.6) is 0 Å². The summed E-state index contributed by atoms with van der Waals surface area (Å²) in [5, 5.41) is 6.26. The van der Waals surface area contributed by atoms with Gasteiger partial charge in [-0.25, -0.2) is 4.39 Å². The second-order valence-corrected chi connectivity index (χ2v) is 6.52. The summed E-state index contributed by atoms with van der Waals surface area (Å²) in [6, 6.07) is 4.45. The number of amides is 1. The minimum Gasteiger partial charge on any atom is -0.349 e. The van der Waals surface area contributed by atoms with Crippen LogP contribution in [0, 0.1) is 11.2 Å². The van der Waals surface area contributed by atoms with Gasteiger partial charge in [-0.15, -0.1) is 0 Å². The Balaban J connectivity index is 2.14. The summed E-state index contributed by atoms with van der Waals surface area (Å²) < 4.78 is 14.4. The third-order valence-electron chi connectivity index (χ3n) is 3.61. The lowest BCUT2D eigenvalue weighted by molar-refractivity contribution is 0.0864. The maximum Gasteiger partial charge on any atom is 0.254 e. The Morgan fingerprint density at radius 3 is 2.95 bits per heavy atom. The van der Waals surface area contributed by atoms with E-state index in [9.17, 15) is 9.18 Å². The molecule has 1 aromatic carbocycles. The first-order valence-corrected chi connectivity index (χ1v) is 7.16. The van der Waals surface area contributed by atoms with Crippen molar-refractivity contribution < 1.29 is 9.18 Å². The van der Waals surface area contributed by atoms with Crippen LogP contribution in [-0.2, 0) is 0 Å². The van der Waals surface area contributed by atoms with E-state index >= 15 is 0 Å². The SMILES string of the molecule is CC1(C)CNCCC1NC(=O)c1cc(Br)ccc1F. The van der Waals surface area contributed by atoms with Gasteiger partial charge in [-0.3, -0.25) is 4.79 Å². The van der Waals surface area contributed by atoms with Gasteiger partial charge in [-0.1, -0.05) is 29.8 Å². The van der Waals surface area contributed by atoms with Crippen LogP contribution >= 0.6 is 15.9 Å². The first kappa shape index (κ1) is 14.5. The minimum absolute atomic E-state index is 0.0314. The summed E-state index contributed by atoms with van der Waals surface area (Å²) in [6.07, 6.45) is 0.856. The van der Waals surface area contributed by atoms with E-state index in [1.54, 1.807) is 6.07 Å². The number of hydrogen-bond acceptors (Lipinski definition) is 2. The molecule has 2 rings (SSSR count). The molecule has 1 unspecified atom stereocenters. The number of piperidine rings is 1. The van der Waals surface area contributed by atoms with Crippen LogP contribution < -0.4 is 10.6 Å². The molecule has 0 radical (unpaired) electrons. The second kappa shape index (κ2) is 5.59. The molecule has 1 amide bonds. The van der Waals surface area contributed by atoms with Crippen LogP contribution in [0.25, 0.3) is 0 Å². The largest absolute Gasteiger partial charge is 0.349 e. The van der Waals surface area contributed by atoms with Gasteiger partial charge in [0.2, 0.25) is 0 Å². The van der Waals surface area contributed by atoms with Gasteiger partial charge in [0.25, 0.3) is 5.91 Å². The lowest BCUT2D eigenvalue weighted by atomic mass is 9.80. The summed E-state index contributed by atoms with van der Waals surface area (Å²) in [5.41, 5.74) is 0.0554. The van der Waals surface area contributed by atoms with E-state index in [2.05, 4.69) is 40.4 Å². The molecule has 1 aliphatic rings. The predicted molar refractivity (Wildman–Crippen MR) is 76.6 cm³/mol. The smallest absolute Gasteiger partial charge is 0.254 e. The Kier molecular flexibility index (Phi) is 4.26. The van der Waals surface area contributed by atoms with Crippen LogP contribution in [0.2, 0.25) is 0 Å². The normalized spacial score (nSPS) is 22.0. The van der Waals surface area contributed by atoms with Gasteiger partial charge < -0.3 is 10.6 Å². The Labute approximate surface area is 121 Å². The fourth-order valence-corrected chi connectivity index (χ4v) is 2.71. The topological polar surface area (TPSA) is 41.1 Å². The van der Waals surface area contributed by atoms with E-state index in [0.29, 0.717) is 4.47 Å². The zero-order chi connectivity index (χ0) is 14.0. The van der Waals surface area contributed by atoms with Gasteiger partial charge in [0.05, 0.1) is 5.56 Å². The van der Waals surface area contributed by atoms with E-state index < -0.39 is 5.82 Å². The van der Waals surface area contributed by atoms with Crippen molar-refractivity contribution in [1.29, 1.82) is 0 Å². The number of rotatable bonds is 2. The molecular weight excluding hydrogens is 311 g/mol. The highest BCUT2D eigenvalue weighted by molar-refractivity contribution is 9.10. The molecule has 0 bridgehead atoms. The maximum absolute atomic E-state index is 13.7. The molecule has 19 heavy (non-hydrogen) atoms. The summed E-state index contributed by atoms with van der Waals surface area (Å²) >= 11 is 3.26. The summed E-state index contributed by atoms with van der Waals surface area (Å²) in [4.78, 5) is 12.2. The molecule has 5 heteroatoms. The van der Waals surface area contributed by atoms with Crippen molar-refractivity contribution in [2.75, 3.05) is 13.1 Å². The highest BCUT2D eigenvalue weighted by atomic mass is 79.9. The fourth-order valence-electron chi connectivity index (χ4n) is 2.35. The molecule has 0 spiro atoms. The molecular formula is C14H18BrFN2O.